The standard InChI is InChI=1S/C11H15NO/c1-8-3-4-10(7-13)11(5-8)9(2)6-12/h3-5,7,9H,6,12H2,1-2H3. The summed E-state index contributed by atoms with van der Waals surface area (Å²) in [6.45, 7) is 4.62. The summed E-state index contributed by atoms with van der Waals surface area (Å²) in [6, 6.07) is 5.82. The van der Waals surface area contributed by atoms with Crippen LogP contribution in [0.5, 0.6) is 0 Å². The number of benzene rings is 1. The van der Waals surface area contributed by atoms with Gasteiger partial charge in [-0.25, -0.2) is 0 Å². The van der Waals surface area contributed by atoms with Crippen LogP contribution in [0.25, 0.3) is 0 Å². The van der Waals surface area contributed by atoms with Gasteiger partial charge in [-0.3, -0.25) is 4.79 Å². The normalized spacial score (nSPS) is 12.5. The van der Waals surface area contributed by atoms with Crippen molar-refractivity contribution in [3.8, 4) is 0 Å². The second kappa shape index (κ2) is 4.19. The third-order valence-corrected chi connectivity index (χ3v) is 2.25. The Balaban J connectivity index is 3.15. The van der Waals surface area contributed by atoms with Gasteiger partial charge in [0.05, 0.1) is 0 Å². The van der Waals surface area contributed by atoms with Crippen molar-refractivity contribution in [2.45, 2.75) is 19.8 Å². The molecule has 1 aromatic carbocycles. The lowest BCUT2D eigenvalue weighted by Gasteiger charge is -2.12. The molecule has 70 valence electrons. The van der Waals surface area contributed by atoms with Crippen molar-refractivity contribution in [3.63, 3.8) is 0 Å². The Hall–Kier alpha value is -1.15. The molecule has 1 aromatic rings. The predicted octanol–water partition coefficient (Wildman–Crippen LogP) is 1.87. The third kappa shape index (κ3) is 2.16. The highest BCUT2D eigenvalue weighted by Crippen LogP contribution is 2.19. The van der Waals surface area contributed by atoms with Gasteiger partial charge in [0, 0.05) is 5.56 Å². The molecular weight excluding hydrogens is 162 g/mol. The Bertz CT molecular complexity index is 307. The molecule has 0 aliphatic carbocycles. The van der Waals surface area contributed by atoms with Crippen molar-refractivity contribution in [3.05, 3.63) is 34.9 Å². The van der Waals surface area contributed by atoms with Gasteiger partial charge in [-0.15, -0.1) is 0 Å². The van der Waals surface area contributed by atoms with E-state index in [4.69, 9.17) is 5.73 Å². The lowest BCUT2D eigenvalue weighted by Crippen LogP contribution is -2.11. The van der Waals surface area contributed by atoms with Crippen LogP contribution in [-0.4, -0.2) is 12.8 Å². The van der Waals surface area contributed by atoms with Crippen LogP contribution in [0.4, 0.5) is 0 Å². The van der Waals surface area contributed by atoms with E-state index in [1.807, 2.05) is 32.0 Å². The minimum Gasteiger partial charge on any atom is -0.330 e. The number of aldehydes is 1. The lowest BCUT2D eigenvalue weighted by molar-refractivity contribution is 0.112. The highest BCUT2D eigenvalue weighted by atomic mass is 16.1. The van der Waals surface area contributed by atoms with Crippen LogP contribution in [0.15, 0.2) is 18.2 Å². The van der Waals surface area contributed by atoms with Gasteiger partial charge >= 0.3 is 0 Å². The zero-order valence-corrected chi connectivity index (χ0v) is 8.08. The lowest BCUT2D eigenvalue weighted by atomic mass is 9.95. The first-order valence-electron chi connectivity index (χ1n) is 4.44. The summed E-state index contributed by atoms with van der Waals surface area (Å²) >= 11 is 0. The maximum Gasteiger partial charge on any atom is 0.150 e. The first-order chi connectivity index (χ1) is 6.19. The molecule has 0 aliphatic rings. The van der Waals surface area contributed by atoms with Crippen LogP contribution in [0, 0.1) is 6.92 Å². The molecule has 1 unspecified atom stereocenters. The summed E-state index contributed by atoms with van der Waals surface area (Å²) in [6.07, 6.45) is 0.890. The van der Waals surface area contributed by atoms with Crippen molar-refractivity contribution >= 4 is 6.29 Å². The average molecular weight is 177 g/mol. The van der Waals surface area contributed by atoms with Crippen LogP contribution in [0.1, 0.15) is 34.3 Å². The highest BCUT2D eigenvalue weighted by molar-refractivity contribution is 5.77. The molecule has 0 fully saturated rings. The fraction of sp³-hybridized carbons (Fsp3) is 0.364. The van der Waals surface area contributed by atoms with Crippen molar-refractivity contribution in [2.75, 3.05) is 6.54 Å². The fourth-order valence-corrected chi connectivity index (χ4v) is 1.36. The first kappa shape index (κ1) is 9.93. The van der Waals surface area contributed by atoms with Crippen LogP contribution < -0.4 is 5.73 Å². The molecule has 2 heteroatoms. The van der Waals surface area contributed by atoms with Crippen LogP contribution >= 0.6 is 0 Å². The molecule has 0 radical (unpaired) electrons. The van der Waals surface area contributed by atoms with Crippen molar-refractivity contribution < 1.29 is 4.79 Å². The Morgan fingerprint density at radius 2 is 2.23 bits per heavy atom. The molecule has 13 heavy (non-hydrogen) atoms. The second-order valence-electron chi connectivity index (χ2n) is 3.39. The summed E-state index contributed by atoms with van der Waals surface area (Å²) in [7, 11) is 0. The van der Waals surface area contributed by atoms with Gasteiger partial charge in [-0.2, -0.15) is 0 Å². The smallest absolute Gasteiger partial charge is 0.150 e. The molecule has 0 bridgehead atoms. The number of hydrogen-bond donors (Lipinski definition) is 1. The number of carbonyl (C=O) groups excluding carboxylic acids is 1. The van der Waals surface area contributed by atoms with Gasteiger partial charge in [-0.05, 0) is 24.9 Å². The zero-order valence-electron chi connectivity index (χ0n) is 8.08. The van der Waals surface area contributed by atoms with Gasteiger partial charge in [0.2, 0.25) is 0 Å². The molecule has 0 aliphatic heterocycles. The molecule has 0 amide bonds. The van der Waals surface area contributed by atoms with E-state index in [0.717, 1.165) is 17.4 Å². The van der Waals surface area contributed by atoms with Crippen molar-refractivity contribution in [1.82, 2.24) is 0 Å². The number of nitrogens with two attached hydrogens (primary N) is 1. The van der Waals surface area contributed by atoms with Gasteiger partial charge in [0.15, 0.2) is 0 Å². The summed E-state index contributed by atoms with van der Waals surface area (Å²) in [5, 5.41) is 0. The van der Waals surface area contributed by atoms with E-state index >= 15 is 0 Å². The predicted molar refractivity (Wildman–Crippen MR) is 54.0 cm³/mol. The van der Waals surface area contributed by atoms with E-state index in [9.17, 15) is 4.79 Å². The third-order valence-electron chi connectivity index (χ3n) is 2.25. The maximum absolute atomic E-state index is 10.7. The molecule has 0 saturated heterocycles. The van der Waals surface area contributed by atoms with Crippen LogP contribution in [0.2, 0.25) is 0 Å². The summed E-state index contributed by atoms with van der Waals surface area (Å²) in [5.74, 6) is 0.250. The number of hydrogen-bond acceptors (Lipinski definition) is 2. The van der Waals surface area contributed by atoms with E-state index in [-0.39, 0.29) is 5.92 Å². The van der Waals surface area contributed by atoms with E-state index in [2.05, 4.69) is 0 Å². The summed E-state index contributed by atoms with van der Waals surface area (Å²) in [5.41, 5.74) is 8.54. The van der Waals surface area contributed by atoms with E-state index in [0.29, 0.717) is 6.54 Å². The molecule has 2 nitrogen and oxygen atoms in total. The summed E-state index contributed by atoms with van der Waals surface area (Å²) in [4.78, 5) is 10.7. The minimum absolute atomic E-state index is 0.250. The molecular formula is C11H15NO. The van der Waals surface area contributed by atoms with Gasteiger partial charge in [0.1, 0.15) is 6.29 Å². The molecule has 1 rings (SSSR count). The van der Waals surface area contributed by atoms with E-state index < -0.39 is 0 Å². The SMILES string of the molecule is Cc1ccc(C=O)c(C(C)CN)c1. The number of rotatable bonds is 3. The Labute approximate surface area is 78.8 Å². The fourth-order valence-electron chi connectivity index (χ4n) is 1.36. The molecule has 1 atom stereocenters. The minimum atomic E-state index is 0.250. The first-order valence-corrected chi connectivity index (χ1v) is 4.44. The molecule has 0 spiro atoms. The van der Waals surface area contributed by atoms with Crippen molar-refractivity contribution in [1.29, 1.82) is 0 Å². The van der Waals surface area contributed by atoms with Gasteiger partial charge in [0.25, 0.3) is 0 Å². The van der Waals surface area contributed by atoms with Gasteiger partial charge in [-0.1, -0.05) is 30.7 Å². The largest absolute Gasteiger partial charge is 0.330 e. The van der Waals surface area contributed by atoms with E-state index in [1.165, 1.54) is 5.56 Å². The highest BCUT2D eigenvalue weighted by Gasteiger charge is 2.08. The molecule has 0 aromatic heterocycles. The quantitative estimate of drug-likeness (QED) is 0.716. The molecule has 0 heterocycles. The molecule has 0 saturated carbocycles. The van der Waals surface area contributed by atoms with Crippen LogP contribution in [-0.2, 0) is 0 Å². The Kier molecular flexibility index (Phi) is 3.20. The average Bonchev–Trinajstić information content (AvgIpc) is 2.16. The van der Waals surface area contributed by atoms with E-state index in [1.54, 1.807) is 0 Å². The Morgan fingerprint density at radius 1 is 1.54 bits per heavy atom. The number of aryl methyl sites for hydroxylation is 1. The van der Waals surface area contributed by atoms with Gasteiger partial charge < -0.3 is 5.73 Å². The monoisotopic (exact) mass is 177 g/mol. The Morgan fingerprint density at radius 3 is 2.77 bits per heavy atom. The van der Waals surface area contributed by atoms with Crippen molar-refractivity contribution in [2.24, 2.45) is 5.73 Å². The number of carbonyl (C=O) groups is 1. The summed E-state index contributed by atoms with van der Waals surface area (Å²) < 4.78 is 0. The molecule has 2 N–H and O–H groups in total. The second-order valence-corrected chi connectivity index (χ2v) is 3.39. The van der Waals surface area contributed by atoms with Crippen LogP contribution in [0.3, 0.4) is 0 Å². The maximum atomic E-state index is 10.7. The topological polar surface area (TPSA) is 43.1 Å². The zero-order chi connectivity index (χ0) is 9.84.